The Morgan fingerprint density at radius 1 is 1.57 bits per heavy atom. The molecule has 0 bridgehead atoms. The van der Waals surface area contributed by atoms with Crippen LogP contribution in [0.5, 0.6) is 0 Å². The van der Waals surface area contributed by atoms with Gasteiger partial charge in [0.25, 0.3) is 0 Å². The van der Waals surface area contributed by atoms with Gasteiger partial charge < -0.3 is 10.6 Å². The van der Waals surface area contributed by atoms with Crippen LogP contribution in [0.15, 0.2) is 17.6 Å². The van der Waals surface area contributed by atoms with Gasteiger partial charge in [0.05, 0.1) is 15.1 Å². The van der Waals surface area contributed by atoms with Gasteiger partial charge in [0.2, 0.25) is 0 Å². The van der Waals surface area contributed by atoms with E-state index in [9.17, 15) is 10.1 Å². The summed E-state index contributed by atoms with van der Waals surface area (Å²) in [5.74, 6) is 0.490. The summed E-state index contributed by atoms with van der Waals surface area (Å²) in [4.78, 5) is 15.2. The number of nitrogens with zero attached hydrogens (tertiary/aromatic N) is 2. The first-order valence-corrected chi connectivity index (χ1v) is 8.02. The molecule has 1 fully saturated rings. The number of benzene rings is 1. The van der Waals surface area contributed by atoms with Crippen LogP contribution >= 0.6 is 11.3 Å². The second kappa shape index (κ2) is 5.95. The van der Waals surface area contributed by atoms with Crippen molar-refractivity contribution in [3.05, 3.63) is 27.8 Å². The Bertz CT molecular complexity index is 651. The molecule has 6 nitrogen and oxygen atoms in total. The van der Waals surface area contributed by atoms with Crippen LogP contribution in [0.4, 0.5) is 11.4 Å². The Morgan fingerprint density at radius 3 is 3.14 bits per heavy atom. The van der Waals surface area contributed by atoms with E-state index in [1.54, 1.807) is 11.6 Å². The number of hydrogen-bond acceptors (Lipinski definition) is 6. The Balaban J connectivity index is 1.88. The lowest BCUT2D eigenvalue weighted by Crippen LogP contribution is -2.38. The summed E-state index contributed by atoms with van der Waals surface area (Å²) in [5.41, 5.74) is 2.78. The SMILES string of the molecule is CC(Nc1ccc2scnc2c1[N+](=O)[O-])C1CCCNC1. The molecule has 2 aromatic rings. The van der Waals surface area contributed by atoms with Crippen LogP contribution in [-0.4, -0.2) is 29.0 Å². The number of rotatable bonds is 4. The average Bonchev–Trinajstić information content (AvgIpc) is 2.95. The van der Waals surface area contributed by atoms with Crippen LogP contribution < -0.4 is 10.6 Å². The highest BCUT2D eigenvalue weighted by Gasteiger charge is 2.25. The van der Waals surface area contributed by atoms with Gasteiger partial charge >= 0.3 is 5.69 Å². The summed E-state index contributed by atoms with van der Waals surface area (Å²) < 4.78 is 0.847. The summed E-state index contributed by atoms with van der Waals surface area (Å²) in [5, 5.41) is 18.1. The zero-order valence-electron chi connectivity index (χ0n) is 11.8. The van der Waals surface area contributed by atoms with E-state index in [-0.39, 0.29) is 16.7 Å². The Hall–Kier alpha value is -1.73. The zero-order chi connectivity index (χ0) is 14.8. The molecule has 7 heteroatoms. The second-order valence-electron chi connectivity index (χ2n) is 5.46. The maximum absolute atomic E-state index is 11.4. The lowest BCUT2D eigenvalue weighted by molar-refractivity contribution is -0.382. The molecule has 1 aliphatic heterocycles. The zero-order valence-corrected chi connectivity index (χ0v) is 12.7. The van der Waals surface area contributed by atoms with E-state index in [4.69, 9.17) is 0 Å². The van der Waals surface area contributed by atoms with Gasteiger partial charge in [-0.15, -0.1) is 11.3 Å². The van der Waals surface area contributed by atoms with Crippen LogP contribution in [-0.2, 0) is 0 Å². The molecule has 0 spiro atoms. The summed E-state index contributed by atoms with van der Waals surface area (Å²) >= 11 is 1.42. The van der Waals surface area contributed by atoms with Crippen molar-refractivity contribution >= 4 is 32.9 Å². The highest BCUT2D eigenvalue weighted by Crippen LogP contribution is 2.35. The van der Waals surface area contributed by atoms with E-state index in [0.717, 1.165) is 30.6 Å². The maximum Gasteiger partial charge on any atom is 0.319 e. The molecule has 0 amide bonds. The standard InChI is InChI=1S/C14H18N4O2S/c1-9(10-3-2-6-15-7-10)17-11-4-5-12-13(16-8-21-12)14(11)18(19)20/h4-5,8-10,15,17H,2-3,6-7H2,1H3. The molecule has 2 unspecified atom stereocenters. The number of fused-ring (bicyclic) bond motifs is 1. The van der Waals surface area contributed by atoms with Crippen molar-refractivity contribution in [2.75, 3.05) is 18.4 Å². The smallest absolute Gasteiger partial charge is 0.319 e. The fourth-order valence-electron chi connectivity index (χ4n) is 2.89. The van der Waals surface area contributed by atoms with Crippen molar-refractivity contribution in [2.45, 2.75) is 25.8 Å². The quantitative estimate of drug-likeness (QED) is 0.670. The minimum absolute atomic E-state index is 0.0874. The van der Waals surface area contributed by atoms with Gasteiger partial charge in [-0.05, 0) is 50.9 Å². The Morgan fingerprint density at radius 2 is 2.43 bits per heavy atom. The lowest BCUT2D eigenvalue weighted by atomic mass is 9.92. The second-order valence-corrected chi connectivity index (χ2v) is 6.34. The van der Waals surface area contributed by atoms with E-state index in [1.807, 2.05) is 6.07 Å². The van der Waals surface area contributed by atoms with Crippen molar-refractivity contribution in [3.63, 3.8) is 0 Å². The van der Waals surface area contributed by atoms with Gasteiger partial charge in [-0.2, -0.15) is 0 Å². The van der Waals surface area contributed by atoms with E-state index in [1.165, 1.54) is 11.3 Å². The number of anilines is 1. The van der Waals surface area contributed by atoms with Crippen LogP contribution in [0.3, 0.4) is 0 Å². The Labute approximate surface area is 126 Å². The van der Waals surface area contributed by atoms with E-state index >= 15 is 0 Å². The first kappa shape index (κ1) is 14.2. The van der Waals surface area contributed by atoms with Gasteiger partial charge in [-0.3, -0.25) is 10.1 Å². The molecule has 1 aromatic heterocycles. The molecule has 3 rings (SSSR count). The largest absolute Gasteiger partial charge is 0.377 e. The number of piperidine rings is 1. The highest BCUT2D eigenvalue weighted by atomic mass is 32.1. The number of nitro benzene ring substituents is 1. The lowest BCUT2D eigenvalue weighted by Gasteiger charge is -2.29. The summed E-state index contributed by atoms with van der Waals surface area (Å²) in [6.07, 6.45) is 2.30. The van der Waals surface area contributed by atoms with Crippen LogP contribution in [0.25, 0.3) is 10.2 Å². The fourth-order valence-corrected chi connectivity index (χ4v) is 3.57. The Kier molecular flexibility index (Phi) is 4.03. The topological polar surface area (TPSA) is 80.1 Å². The average molecular weight is 306 g/mol. The van der Waals surface area contributed by atoms with Gasteiger partial charge in [0.1, 0.15) is 5.69 Å². The normalized spacial score (nSPS) is 20.3. The fraction of sp³-hybridized carbons (Fsp3) is 0.500. The van der Waals surface area contributed by atoms with E-state index < -0.39 is 0 Å². The predicted molar refractivity (Wildman–Crippen MR) is 85.0 cm³/mol. The van der Waals surface area contributed by atoms with Crippen molar-refractivity contribution in [2.24, 2.45) is 5.92 Å². The van der Waals surface area contributed by atoms with E-state index in [2.05, 4.69) is 22.5 Å². The van der Waals surface area contributed by atoms with Crippen LogP contribution in [0, 0.1) is 16.0 Å². The number of nitro groups is 1. The third-order valence-corrected chi connectivity index (χ3v) is 4.88. The van der Waals surface area contributed by atoms with Crippen molar-refractivity contribution in [1.82, 2.24) is 10.3 Å². The molecule has 2 heterocycles. The summed E-state index contributed by atoms with van der Waals surface area (Å²) in [7, 11) is 0. The maximum atomic E-state index is 11.4. The highest BCUT2D eigenvalue weighted by molar-refractivity contribution is 7.16. The van der Waals surface area contributed by atoms with Crippen molar-refractivity contribution < 1.29 is 4.92 Å². The van der Waals surface area contributed by atoms with Gasteiger partial charge in [-0.1, -0.05) is 0 Å². The summed E-state index contributed by atoms with van der Waals surface area (Å²) in [6.45, 7) is 4.11. The molecule has 1 aliphatic rings. The molecule has 21 heavy (non-hydrogen) atoms. The minimum atomic E-state index is -0.337. The first-order valence-electron chi connectivity index (χ1n) is 7.14. The molecule has 0 saturated carbocycles. The monoisotopic (exact) mass is 306 g/mol. The molecule has 0 aliphatic carbocycles. The summed E-state index contributed by atoms with van der Waals surface area (Å²) in [6, 6.07) is 3.88. The van der Waals surface area contributed by atoms with Gasteiger partial charge in [0.15, 0.2) is 5.52 Å². The number of nitrogens with one attached hydrogen (secondary N) is 2. The number of aromatic nitrogens is 1. The predicted octanol–water partition coefficient (Wildman–Crippen LogP) is 3.00. The molecule has 0 radical (unpaired) electrons. The van der Waals surface area contributed by atoms with Crippen LogP contribution in [0.1, 0.15) is 19.8 Å². The molecule has 1 saturated heterocycles. The first-order chi connectivity index (χ1) is 10.2. The van der Waals surface area contributed by atoms with Gasteiger partial charge in [-0.25, -0.2) is 4.98 Å². The van der Waals surface area contributed by atoms with Crippen LogP contribution in [0.2, 0.25) is 0 Å². The molecule has 1 aromatic carbocycles. The molecule has 2 N–H and O–H groups in total. The third-order valence-electron chi connectivity index (χ3n) is 4.08. The molecule has 2 atom stereocenters. The van der Waals surface area contributed by atoms with Crippen molar-refractivity contribution in [3.8, 4) is 0 Å². The molecular weight excluding hydrogens is 288 g/mol. The number of hydrogen-bond donors (Lipinski definition) is 2. The van der Waals surface area contributed by atoms with Gasteiger partial charge in [0, 0.05) is 6.04 Å². The third kappa shape index (κ3) is 2.84. The minimum Gasteiger partial charge on any atom is -0.377 e. The molecular formula is C14H18N4O2S. The molecule has 112 valence electrons. The number of thiazole rings is 1. The van der Waals surface area contributed by atoms with E-state index in [0.29, 0.717) is 17.1 Å². The van der Waals surface area contributed by atoms with Crippen molar-refractivity contribution in [1.29, 1.82) is 0 Å².